The lowest BCUT2D eigenvalue weighted by Gasteiger charge is -2.29. The highest BCUT2D eigenvalue weighted by Gasteiger charge is 2.22. The summed E-state index contributed by atoms with van der Waals surface area (Å²) in [5.74, 6) is 1.67. The first-order chi connectivity index (χ1) is 8.94. The molecular formula is C16H32N2O. The summed E-state index contributed by atoms with van der Waals surface area (Å²) in [6.07, 6.45) is 7.84. The second kappa shape index (κ2) is 7.88. The molecule has 2 atom stereocenters. The largest absolute Gasteiger partial charge is 0.356 e. The van der Waals surface area contributed by atoms with Gasteiger partial charge in [-0.15, -0.1) is 0 Å². The lowest BCUT2D eigenvalue weighted by Crippen LogP contribution is -2.34. The fourth-order valence-electron chi connectivity index (χ4n) is 3.00. The molecule has 0 spiro atoms. The van der Waals surface area contributed by atoms with Gasteiger partial charge < -0.3 is 11.1 Å². The van der Waals surface area contributed by atoms with Gasteiger partial charge in [0.15, 0.2) is 0 Å². The Morgan fingerprint density at radius 1 is 1.26 bits per heavy atom. The molecule has 3 N–H and O–H groups in total. The highest BCUT2D eigenvalue weighted by Crippen LogP contribution is 2.29. The van der Waals surface area contributed by atoms with Gasteiger partial charge in [0.25, 0.3) is 0 Å². The summed E-state index contributed by atoms with van der Waals surface area (Å²) in [5.41, 5.74) is 5.78. The van der Waals surface area contributed by atoms with E-state index >= 15 is 0 Å². The number of carbonyl (C=O) groups excluding carboxylic acids is 1. The van der Waals surface area contributed by atoms with Crippen LogP contribution in [0.25, 0.3) is 0 Å². The summed E-state index contributed by atoms with van der Waals surface area (Å²) in [5, 5.41) is 3.13. The molecule has 1 rings (SSSR count). The first-order valence-corrected chi connectivity index (χ1v) is 7.91. The van der Waals surface area contributed by atoms with Gasteiger partial charge in [0.2, 0.25) is 5.91 Å². The van der Waals surface area contributed by atoms with Crippen LogP contribution in [-0.2, 0) is 4.79 Å². The Kier molecular flexibility index (Phi) is 6.84. The molecule has 3 nitrogen and oxygen atoms in total. The van der Waals surface area contributed by atoms with Crippen LogP contribution in [0, 0.1) is 17.3 Å². The number of hydrogen-bond acceptors (Lipinski definition) is 2. The highest BCUT2D eigenvalue weighted by molar-refractivity contribution is 5.75. The first kappa shape index (κ1) is 16.5. The first-order valence-electron chi connectivity index (χ1n) is 7.91. The average molecular weight is 268 g/mol. The molecule has 0 aliphatic heterocycles. The molecule has 3 heteroatoms. The van der Waals surface area contributed by atoms with Gasteiger partial charge in [0.05, 0.1) is 0 Å². The maximum Gasteiger partial charge on any atom is 0.220 e. The second-order valence-corrected chi connectivity index (χ2v) is 7.03. The van der Waals surface area contributed by atoms with Crippen LogP contribution in [0.1, 0.15) is 65.7 Å². The molecule has 1 saturated carbocycles. The molecule has 112 valence electrons. The maximum atomic E-state index is 11.9. The third-order valence-electron chi connectivity index (χ3n) is 4.70. The van der Waals surface area contributed by atoms with Crippen molar-refractivity contribution in [1.82, 2.24) is 5.32 Å². The van der Waals surface area contributed by atoms with Crippen molar-refractivity contribution in [2.24, 2.45) is 23.0 Å². The van der Waals surface area contributed by atoms with E-state index in [1.807, 2.05) is 0 Å². The highest BCUT2D eigenvalue weighted by atomic mass is 16.1. The van der Waals surface area contributed by atoms with Crippen LogP contribution in [0.15, 0.2) is 0 Å². The van der Waals surface area contributed by atoms with Gasteiger partial charge in [0, 0.05) is 13.0 Å². The minimum absolute atomic E-state index is 0.185. The van der Waals surface area contributed by atoms with Crippen LogP contribution in [-0.4, -0.2) is 19.0 Å². The van der Waals surface area contributed by atoms with Gasteiger partial charge in [-0.05, 0) is 43.1 Å². The van der Waals surface area contributed by atoms with Crippen molar-refractivity contribution in [3.8, 4) is 0 Å². The van der Waals surface area contributed by atoms with Gasteiger partial charge >= 0.3 is 0 Å². The number of hydrogen-bond donors (Lipinski definition) is 2. The predicted octanol–water partition coefficient (Wildman–Crippen LogP) is 3.08. The Labute approximate surface area is 118 Å². The van der Waals surface area contributed by atoms with E-state index in [1.54, 1.807) is 0 Å². The van der Waals surface area contributed by atoms with Crippen molar-refractivity contribution in [3.63, 3.8) is 0 Å². The Morgan fingerprint density at radius 3 is 2.58 bits per heavy atom. The van der Waals surface area contributed by atoms with Crippen LogP contribution in [0.2, 0.25) is 0 Å². The van der Waals surface area contributed by atoms with E-state index in [-0.39, 0.29) is 11.3 Å². The predicted molar refractivity (Wildman–Crippen MR) is 80.8 cm³/mol. The number of carbonyl (C=O) groups is 1. The number of rotatable bonds is 7. The molecule has 1 aliphatic rings. The Hall–Kier alpha value is -0.570. The molecular weight excluding hydrogens is 236 g/mol. The zero-order valence-corrected chi connectivity index (χ0v) is 13.0. The minimum Gasteiger partial charge on any atom is -0.356 e. The summed E-state index contributed by atoms with van der Waals surface area (Å²) in [6.45, 7) is 8.28. The quantitative estimate of drug-likeness (QED) is 0.745. The average Bonchev–Trinajstić information content (AvgIpc) is 2.35. The van der Waals surface area contributed by atoms with Gasteiger partial charge in [-0.3, -0.25) is 4.79 Å². The molecule has 0 aromatic rings. The van der Waals surface area contributed by atoms with E-state index in [0.29, 0.717) is 18.9 Å². The van der Waals surface area contributed by atoms with E-state index < -0.39 is 0 Å². The van der Waals surface area contributed by atoms with Crippen molar-refractivity contribution < 1.29 is 4.79 Å². The van der Waals surface area contributed by atoms with Gasteiger partial charge in [-0.25, -0.2) is 0 Å². The van der Waals surface area contributed by atoms with E-state index in [1.165, 1.54) is 25.7 Å². The zero-order valence-electron chi connectivity index (χ0n) is 13.0. The van der Waals surface area contributed by atoms with Gasteiger partial charge in [0.1, 0.15) is 0 Å². The molecule has 0 bridgehead atoms. The summed E-state index contributed by atoms with van der Waals surface area (Å²) >= 11 is 0. The van der Waals surface area contributed by atoms with Crippen LogP contribution in [0.5, 0.6) is 0 Å². The van der Waals surface area contributed by atoms with Gasteiger partial charge in [-0.2, -0.15) is 0 Å². The van der Waals surface area contributed by atoms with Crippen molar-refractivity contribution >= 4 is 5.91 Å². The SMILES string of the molecule is CC1CCCCC1CNC(=O)CCC(C)(C)CCN. The van der Waals surface area contributed by atoms with Crippen LogP contribution >= 0.6 is 0 Å². The van der Waals surface area contributed by atoms with Crippen molar-refractivity contribution in [3.05, 3.63) is 0 Å². The van der Waals surface area contributed by atoms with Crippen LogP contribution in [0.4, 0.5) is 0 Å². The molecule has 0 heterocycles. The summed E-state index contributed by atoms with van der Waals surface area (Å²) in [4.78, 5) is 11.9. The lowest BCUT2D eigenvalue weighted by atomic mass is 9.80. The number of nitrogens with two attached hydrogens (primary N) is 1. The van der Waals surface area contributed by atoms with E-state index in [9.17, 15) is 4.79 Å². The van der Waals surface area contributed by atoms with E-state index in [4.69, 9.17) is 5.73 Å². The Balaban J connectivity index is 2.20. The molecule has 0 aromatic heterocycles. The minimum atomic E-state index is 0.185. The summed E-state index contributed by atoms with van der Waals surface area (Å²) < 4.78 is 0. The molecule has 1 aliphatic carbocycles. The molecule has 0 saturated heterocycles. The standard InChI is InChI=1S/C16H32N2O/c1-13-6-4-5-7-14(13)12-18-15(19)8-9-16(2,3)10-11-17/h13-14H,4-12,17H2,1-3H3,(H,18,19). The topological polar surface area (TPSA) is 55.1 Å². The summed E-state index contributed by atoms with van der Waals surface area (Å²) in [7, 11) is 0. The normalized spacial score (nSPS) is 24.2. The zero-order chi connectivity index (χ0) is 14.3. The molecule has 2 unspecified atom stereocenters. The fraction of sp³-hybridized carbons (Fsp3) is 0.938. The number of amides is 1. The number of nitrogens with one attached hydrogen (secondary N) is 1. The van der Waals surface area contributed by atoms with Crippen LogP contribution < -0.4 is 11.1 Å². The molecule has 19 heavy (non-hydrogen) atoms. The van der Waals surface area contributed by atoms with Crippen molar-refractivity contribution in [2.75, 3.05) is 13.1 Å². The third-order valence-corrected chi connectivity index (χ3v) is 4.70. The molecule has 0 radical (unpaired) electrons. The molecule has 1 amide bonds. The van der Waals surface area contributed by atoms with E-state index in [0.717, 1.165) is 25.3 Å². The monoisotopic (exact) mass is 268 g/mol. The molecule has 1 fully saturated rings. The van der Waals surface area contributed by atoms with Crippen LogP contribution in [0.3, 0.4) is 0 Å². The molecule has 0 aromatic carbocycles. The smallest absolute Gasteiger partial charge is 0.220 e. The maximum absolute atomic E-state index is 11.9. The van der Waals surface area contributed by atoms with Crippen molar-refractivity contribution in [2.45, 2.75) is 65.7 Å². The lowest BCUT2D eigenvalue weighted by molar-refractivity contribution is -0.122. The Morgan fingerprint density at radius 2 is 1.95 bits per heavy atom. The fourth-order valence-corrected chi connectivity index (χ4v) is 3.00. The van der Waals surface area contributed by atoms with Gasteiger partial charge in [-0.1, -0.05) is 40.0 Å². The third kappa shape index (κ3) is 6.42. The van der Waals surface area contributed by atoms with E-state index in [2.05, 4.69) is 26.1 Å². The Bertz CT molecular complexity index is 276. The summed E-state index contributed by atoms with van der Waals surface area (Å²) in [6, 6.07) is 0. The van der Waals surface area contributed by atoms with Crippen molar-refractivity contribution in [1.29, 1.82) is 0 Å². The second-order valence-electron chi connectivity index (χ2n) is 7.03.